The molecule has 1 atom stereocenters. The molecule has 98 valence electrons. The minimum Gasteiger partial charge on any atom is -0.387 e. The van der Waals surface area contributed by atoms with Crippen LogP contribution in [0.3, 0.4) is 0 Å². The average molecular weight is 249 g/mol. The number of carbonyl (C=O) groups excluding carboxylic acids is 1. The van der Waals surface area contributed by atoms with Gasteiger partial charge in [-0.3, -0.25) is 4.79 Å². The molecule has 18 heavy (non-hydrogen) atoms. The van der Waals surface area contributed by atoms with Crippen molar-refractivity contribution in [2.75, 3.05) is 19.8 Å². The second-order valence-corrected chi connectivity index (χ2v) is 5.19. The van der Waals surface area contributed by atoms with E-state index in [9.17, 15) is 4.79 Å². The quantitative estimate of drug-likeness (QED) is 0.861. The molecule has 1 N–H and O–H groups in total. The highest BCUT2D eigenvalue weighted by Gasteiger charge is 2.38. The van der Waals surface area contributed by atoms with Gasteiger partial charge in [0.25, 0.3) is 0 Å². The number of morpholine rings is 1. The van der Waals surface area contributed by atoms with Crippen LogP contribution in [-0.2, 0) is 9.53 Å². The molecule has 0 radical (unpaired) electrons. The summed E-state index contributed by atoms with van der Waals surface area (Å²) in [6.07, 6.45) is -0.116. The summed E-state index contributed by atoms with van der Waals surface area (Å²) in [4.78, 5) is 13.5. The molecule has 1 fully saturated rings. The lowest BCUT2D eigenvalue weighted by Gasteiger charge is -2.45. The molecule has 1 aliphatic heterocycles. The fourth-order valence-corrected chi connectivity index (χ4v) is 2.24. The van der Waals surface area contributed by atoms with Gasteiger partial charge < -0.3 is 14.7 Å². The lowest BCUT2D eigenvalue weighted by atomic mass is 9.98. The van der Waals surface area contributed by atoms with E-state index in [1.54, 1.807) is 4.90 Å². The Hall–Kier alpha value is -1.39. The van der Waals surface area contributed by atoms with Gasteiger partial charge in [0, 0.05) is 0 Å². The van der Waals surface area contributed by atoms with E-state index in [1.807, 2.05) is 44.2 Å². The van der Waals surface area contributed by atoms with Crippen LogP contribution in [0.1, 0.15) is 25.5 Å². The van der Waals surface area contributed by atoms with Crippen LogP contribution in [0.5, 0.6) is 0 Å². The summed E-state index contributed by atoms with van der Waals surface area (Å²) in [7, 11) is 0. The van der Waals surface area contributed by atoms with Crippen molar-refractivity contribution in [2.45, 2.75) is 25.5 Å². The first-order chi connectivity index (χ1) is 8.54. The van der Waals surface area contributed by atoms with Crippen LogP contribution in [0.25, 0.3) is 0 Å². The van der Waals surface area contributed by atoms with Crippen LogP contribution in [0, 0.1) is 0 Å². The minimum atomic E-state index is -0.453. The van der Waals surface area contributed by atoms with Crippen molar-refractivity contribution in [3.05, 3.63) is 35.9 Å². The van der Waals surface area contributed by atoms with Gasteiger partial charge in [0.2, 0.25) is 5.91 Å². The van der Waals surface area contributed by atoms with Crippen LogP contribution < -0.4 is 0 Å². The molecule has 1 aromatic carbocycles. The number of nitrogens with zero attached hydrogens (tertiary/aromatic N) is 1. The third-order valence-corrected chi connectivity index (χ3v) is 3.32. The molecule has 1 unspecified atom stereocenters. The van der Waals surface area contributed by atoms with Crippen molar-refractivity contribution < 1.29 is 14.6 Å². The number of carbonyl (C=O) groups is 1. The zero-order chi connectivity index (χ0) is 13.2. The number of hydrogen-bond donors (Lipinski definition) is 1. The predicted molar refractivity (Wildman–Crippen MR) is 68.0 cm³/mol. The standard InChI is InChI=1S/C14H19NO3/c1-14(2)10-18-12(8-15(14)13(17)9-16)11-6-4-3-5-7-11/h3-7,12,16H,8-10H2,1-2H3. The highest BCUT2D eigenvalue weighted by atomic mass is 16.5. The van der Waals surface area contributed by atoms with Crippen LogP contribution in [0.15, 0.2) is 30.3 Å². The Morgan fingerprint density at radius 1 is 1.44 bits per heavy atom. The van der Waals surface area contributed by atoms with Crippen LogP contribution >= 0.6 is 0 Å². The van der Waals surface area contributed by atoms with Gasteiger partial charge in [-0.15, -0.1) is 0 Å². The first-order valence-corrected chi connectivity index (χ1v) is 6.12. The Labute approximate surface area is 107 Å². The molecule has 1 heterocycles. The topological polar surface area (TPSA) is 49.8 Å². The van der Waals surface area contributed by atoms with Gasteiger partial charge in [0.1, 0.15) is 12.7 Å². The number of aliphatic hydroxyl groups excluding tert-OH is 1. The monoisotopic (exact) mass is 249 g/mol. The van der Waals surface area contributed by atoms with Gasteiger partial charge in [-0.2, -0.15) is 0 Å². The highest BCUT2D eigenvalue weighted by Crippen LogP contribution is 2.30. The summed E-state index contributed by atoms with van der Waals surface area (Å²) >= 11 is 0. The summed E-state index contributed by atoms with van der Waals surface area (Å²) in [5.74, 6) is -0.246. The number of aliphatic hydroxyl groups is 1. The summed E-state index contributed by atoms with van der Waals surface area (Å²) < 4.78 is 5.83. The van der Waals surface area contributed by atoms with Gasteiger partial charge in [0.15, 0.2) is 0 Å². The third-order valence-electron chi connectivity index (χ3n) is 3.32. The van der Waals surface area contributed by atoms with E-state index < -0.39 is 6.61 Å². The zero-order valence-electron chi connectivity index (χ0n) is 10.8. The number of amides is 1. The molecule has 1 saturated heterocycles. The van der Waals surface area contributed by atoms with Gasteiger partial charge in [-0.25, -0.2) is 0 Å². The summed E-state index contributed by atoms with van der Waals surface area (Å²) in [6.45, 7) is 4.39. The average Bonchev–Trinajstić information content (AvgIpc) is 2.38. The minimum absolute atomic E-state index is 0.116. The van der Waals surface area contributed by atoms with E-state index in [-0.39, 0.29) is 17.6 Å². The molecule has 1 aliphatic rings. The van der Waals surface area contributed by atoms with Crippen molar-refractivity contribution in [2.24, 2.45) is 0 Å². The molecule has 0 spiro atoms. The summed E-state index contributed by atoms with van der Waals surface area (Å²) in [6, 6.07) is 9.84. The number of rotatable bonds is 2. The molecular weight excluding hydrogens is 230 g/mol. The number of benzene rings is 1. The van der Waals surface area contributed by atoms with Crippen molar-refractivity contribution in [1.29, 1.82) is 0 Å². The van der Waals surface area contributed by atoms with E-state index >= 15 is 0 Å². The fraction of sp³-hybridized carbons (Fsp3) is 0.500. The molecule has 2 rings (SSSR count). The fourth-order valence-electron chi connectivity index (χ4n) is 2.24. The predicted octanol–water partition coefficient (Wildman–Crippen LogP) is 1.36. The molecular formula is C14H19NO3. The van der Waals surface area contributed by atoms with Gasteiger partial charge in [0.05, 0.1) is 18.7 Å². The van der Waals surface area contributed by atoms with Gasteiger partial charge in [-0.1, -0.05) is 30.3 Å². The smallest absolute Gasteiger partial charge is 0.248 e. The maximum Gasteiger partial charge on any atom is 0.248 e. The Kier molecular flexibility index (Phi) is 3.68. The maximum atomic E-state index is 11.8. The Bertz CT molecular complexity index is 416. The number of ether oxygens (including phenoxy) is 1. The second-order valence-electron chi connectivity index (χ2n) is 5.19. The molecule has 1 aromatic rings. The van der Waals surface area contributed by atoms with Crippen LogP contribution in [0.4, 0.5) is 0 Å². The Balaban J connectivity index is 2.17. The van der Waals surface area contributed by atoms with Crippen molar-refractivity contribution in [3.8, 4) is 0 Å². The summed E-state index contributed by atoms with van der Waals surface area (Å²) in [5, 5.41) is 9.04. The van der Waals surface area contributed by atoms with Crippen molar-refractivity contribution in [1.82, 2.24) is 4.90 Å². The molecule has 4 nitrogen and oxygen atoms in total. The maximum absolute atomic E-state index is 11.8. The van der Waals surface area contributed by atoms with Crippen molar-refractivity contribution >= 4 is 5.91 Å². The molecule has 0 aliphatic carbocycles. The third kappa shape index (κ3) is 2.54. The number of hydrogen-bond acceptors (Lipinski definition) is 3. The Morgan fingerprint density at radius 3 is 2.72 bits per heavy atom. The highest BCUT2D eigenvalue weighted by molar-refractivity contribution is 5.78. The van der Waals surface area contributed by atoms with E-state index in [4.69, 9.17) is 9.84 Å². The van der Waals surface area contributed by atoms with Crippen LogP contribution in [-0.4, -0.2) is 41.2 Å². The SMILES string of the molecule is CC1(C)COC(c2ccccc2)CN1C(=O)CO. The molecule has 4 heteroatoms. The molecule has 0 bridgehead atoms. The molecule has 0 aromatic heterocycles. The van der Waals surface area contributed by atoms with E-state index in [0.29, 0.717) is 13.2 Å². The van der Waals surface area contributed by atoms with Gasteiger partial charge >= 0.3 is 0 Å². The molecule has 0 saturated carbocycles. The first kappa shape index (κ1) is 13.1. The van der Waals surface area contributed by atoms with E-state index in [0.717, 1.165) is 5.56 Å². The largest absolute Gasteiger partial charge is 0.387 e. The first-order valence-electron chi connectivity index (χ1n) is 6.12. The normalized spacial score (nSPS) is 22.8. The van der Waals surface area contributed by atoms with Gasteiger partial charge in [-0.05, 0) is 19.4 Å². The zero-order valence-corrected chi connectivity index (χ0v) is 10.8. The van der Waals surface area contributed by atoms with Crippen molar-refractivity contribution in [3.63, 3.8) is 0 Å². The Morgan fingerprint density at radius 2 is 2.11 bits per heavy atom. The van der Waals surface area contributed by atoms with E-state index in [2.05, 4.69) is 0 Å². The lowest BCUT2D eigenvalue weighted by Crippen LogP contribution is -2.57. The van der Waals surface area contributed by atoms with Crippen LogP contribution in [0.2, 0.25) is 0 Å². The lowest BCUT2D eigenvalue weighted by molar-refractivity contribution is -0.157. The van der Waals surface area contributed by atoms with E-state index in [1.165, 1.54) is 0 Å². The summed E-state index contributed by atoms with van der Waals surface area (Å²) in [5.41, 5.74) is 0.689. The second kappa shape index (κ2) is 5.08. The molecule has 1 amide bonds.